The number of likely N-dealkylation sites (tertiary alicyclic amines) is 1. The van der Waals surface area contributed by atoms with Gasteiger partial charge in [-0.15, -0.1) is 0 Å². The molecule has 1 amide bonds. The Morgan fingerprint density at radius 1 is 1.25 bits per heavy atom. The number of ether oxygens (including phenoxy) is 1. The quantitative estimate of drug-likeness (QED) is 0.387. The third-order valence-electron chi connectivity index (χ3n) is 5.35. The summed E-state index contributed by atoms with van der Waals surface area (Å²) in [5.41, 5.74) is 2.07. The number of aromatic nitrogens is 1. The Kier molecular flexibility index (Phi) is 7.30. The van der Waals surface area contributed by atoms with Crippen molar-refractivity contribution in [3.05, 3.63) is 65.0 Å². The fraction of sp³-hybridized carbons (Fsp3) is 0.400. The van der Waals surface area contributed by atoms with Crippen molar-refractivity contribution in [2.45, 2.75) is 26.8 Å². The Balaban J connectivity index is 2.05. The first-order valence-electron chi connectivity index (χ1n) is 10.8. The van der Waals surface area contributed by atoms with Gasteiger partial charge >= 0.3 is 0 Å². The van der Waals surface area contributed by atoms with Gasteiger partial charge in [0.25, 0.3) is 11.7 Å². The highest BCUT2D eigenvalue weighted by Crippen LogP contribution is 2.39. The second kappa shape index (κ2) is 9.96. The summed E-state index contributed by atoms with van der Waals surface area (Å²) in [6.45, 7) is 7.57. The number of ketones is 1. The average Bonchev–Trinajstić information content (AvgIpc) is 3.01. The lowest BCUT2D eigenvalue weighted by atomic mass is 9.95. The van der Waals surface area contributed by atoms with Gasteiger partial charge in [-0.25, -0.2) is 0 Å². The molecule has 1 saturated heterocycles. The highest BCUT2D eigenvalue weighted by atomic mass is 16.5. The van der Waals surface area contributed by atoms with Crippen LogP contribution in [0.4, 0.5) is 0 Å². The minimum absolute atomic E-state index is 0.0806. The molecule has 170 valence electrons. The molecule has 0 saturated carbocycles. The number of aryl methyl sites for hydroxylation is 1. The number of Topliss-reactive ketones (excluding diaryl/α,β-unsaturated/α-hetero) is 1. The van der Waals surface area contributed by atoms with Gasteiger partial charge in [-0.1, -0.05) is 19.9 Å². The third-order valence-corrected chi connectivity index (χ3v) is 5.35. The predicted octanol–water partition coefficient (Wildman–Crippen LogP) is 3.41. The van der Waals surface area contributed by atoms with Crippen LogP contribution in [0.15, 0.2) is 48.3 Å². The molecule has 3 rings (SSSR count). The maximum Gasteiger partial charge on any atom is 0.295 e. The van der Waals surface area contributed by atoms with Crippen LogP contribution in [-0.2, 0) is 9.59 Å². The van der Waals surface area contributed by atoms with Crippen molar-refractivity contribution in [3.8, 4) is 5.75 Å². The van der Waals surface area contributed by atoms with Crippen molar-refractivity contribution >= 4 is 17.4 Å². The molecular formula is C25H31N3O4. The highest BCUT2D eigenvalue weighted by molar-refractivity contribution is 6.46. The van der Waals surface area contributed by atoms with E-state index in [1.807, 2.05) is 32.0 Å². The van der Waals surface area contributed by atoms with Crippen LogP contribution >= 0.6 is 0 Å². The van der Waals surface area contributed by atoms with Crippen molar-refractivity contribution in [3.63, 3.8) is 0 Å². The Labute approximate surface area is 189 Å². The molecule has 1 aromatic carbocycles. The van der Waals surface area contributed by atoms with Crippen LogP contribution in [0.2, 0.25) is 0 Å². The topological polar surface area (TPSA) is 83.0 Å². The van der Waals surface area contributed by atoms with Crippen LogP contribution in [0.3, 0.4) is 0 Å². The largest absolute Gasteiger partial charge is 0.507 e. The van der Waals surface area contributed by atoms with Gasteiger partial charge < -0.3 is 19.6 Å². The molecule has 7 heteroatoms. The zero-order chi connectivity index (χ0) is 23.4. The normalized spacial score (nSPS) is 18.1. The maximum atomic E-state index is 13.0. The van der Waals surface area contributed by atoms with Crippen LogP contribution in [0, 0.1) is 12.8 Å². The number of aliphatic hydroxyl groups excluding tert-OH is 1. The molecule has 0 radical (unpaired) electrons. The summed E-state index contributed by atoms with van der Waals surface area (Å²) in [5, 5.41) is 11.2. The van der Waals surface area contributed by atoms with Crippen LogP contribution in [0.5, 0.6) is 5.75 Å². The van der Waals surface area contributed by atoms with Crippen molar-refractivity contribution in [1.29, 1.82) is 0 Å². The first-order valence-corrected chi connectivity index (χ1v) is 10.8. The van der Waals surface area contributed by atoms with Gasteiger partial charge in [-0.3, -0.25) is 14.6 Å². The van der Waals surface area contributed by atoms with Crippen molar-refractivity contribution in [2.24, 2.45) is 5.92 Å². The molecular weight excluding hydrogens is 406 g/mol. The molecule has 1 fully saturated rings. The lowest BCUT2D eigenvalue weighted by molar-refractivity contribution is -0.140. The minimum Gasteiger partial charge on any atom is -0.507 e. The van der Waals surface area contributed by atoms with Gasteiger partial charge in [0, 0.05) is 31.0 Å². The second-order valence-corrected chi connectivity index (χ2v) is 8.77. The van der Waals surface area contributed by atoms with E-state index in [0.717, 1.165) is 11.3 Å². The number of rotatable bonds is 8. The maximum absolute atomic E-state index is 13.0. The number of hydrogen-bond donors (Lipinski definition) is 1. The van der Waals surface area contributed by atoms with Crippen LogP contribution in [-0.4, -0.2) is 65.4 Å². The van der Waals surface area contributed by atoms with E-state index < -0.39 is 17.7 Å². The Morgan fingerprint density at radius 2 is 2.00 bits per heavy atom. The number of nitrogens with zero attached hydrogens (tertiary/aromatic N) is 3. The Bertz CT molecular complexity index is 1020. The summed E-state index contributed by atoms with van der Waals surface area (Å²) in [7, 11) is 3.81. The number of benzene rings is 1. The van der Waals surface area contributed by atoms with Crippen LogP contribution in [0.1, 0.15) is 36.6 Å². The zero-order valence-corrected chi connectivity index (χ0v) is 19.3. The molecule has 1 aromatic heterocycles. The summed E-state index contributed by atoms with van der Waals surface area (Å²) in [5.74, 6) is -0.377. The molecule has 1 aliphatic rings. The van der Waals surface area contributed by atoms with E-state index in [0.29, 0.717) is 36.7 Å². The molecule has 0 spiro atoms. The molecule has 0 unspecified atom stereocenters. The SMILES string of the molecule is Cc1cc(/C(O)=C2\C(=O)C(=O)N(CCN(C)C)[C@@H]2c2cccnc2)ccc1OCC(C)C. The molecule has 1 aliphatic heterocycles. The molecule has 0 aliphatic carbocycles. The molecule has 32 heavy (non-hydrogen) atoms. The number of carbonyl (C=O) groups excluding carboxylic acids is 2. The fourth-order valence-electron chi connectivity index (χ4n) is 3.67. The van der Waals surface area contributed by atoms with Crippen molar-refractivity contribution < 1.29 is 19.4 Å². The van der Waals surface area contributed by atoms with Crippen LogP contribution in [0.25, 0.3) is 5.76 Å². The Hall–Kier alpha value is -3.19. The molecule has 2 heterocycles. The molecule has 2 aromatic rings. The van der Waals surface area contributed by atoms with Gasteiger partial charge in [-0.05, 0) is 62.3 Å². The number of amides is 1. The molecule has 1 N–H and O–H groups in total. The van der Waals surface area contributed by atoms with Crippen molar-refractivity contribution in [1.82, 2.24) is 14.8 Å². The number of likely N-dealkylation sites (N-methyl/N-ethyl adjacent to an activating group) is 1. The third kappa shape index (κ3) is 4.99. The summed E-state index contributed by atoms with van der Waals surface area (Å²) in [6.07, 6.45) is 3.26. The molecule has 7 nitrogen and oxygen atoms in total. The van der Waals surface area contributed by atoms with Crippen molar-refractivity contribution in [2.75, 3.05) is 33.8 Å². The monoisotopic (exact) mass is 437 g/mol. The summed E-state index contributed by atoms with van der Waals surface area (Å²) < 4.78 is 5.82. The van der Waals surface area contributed by atoms with E-state index >= 15 is 0 Å². The standard InChI is InChI=1S/C25H31N3O4/c1-16(2)15-32-20-9-8-18(13-17(20)3)23(29)21-22(19-7-6-10-26-14-19)28(12-11-27(4)5)25(31)24(21)30/h6-10,13-14,16,22,29H,11-12,15H2,1-5H3/b23-21+/t22-/m1/s1. The number of aliphatic hydroxyl groups is 1. The first kappa shape index (κ1) is 23.5. The van der Waals surface area contributed by atoms with E-state index in [4.69, 9.17) is 4.74 Å². The lowest BCUT2D eigenvalue weighted by Gasteiger charge is -2.26. The van der Waals surface area contributed by atoms with E-state index in [9.17, 15) is 14.7 Å². The van der Waals surface area contributed by atoms with E-state index in [1.54, 1.807) is 36.7 Å². The molecule has 1 atom stereocenters. The minimum atomic E-state index is -0.694. The summed E-state index contributed by atoms with van der Waals surface area (Å²) in [4.78, 5) is 33.5. The number of pyridine rings is 1. The van der Waals surface area contributed by atoms with E-state index in [1.165, 1.54) is 4.90 Å². The fourth-order valence-corrected chi connectivity index (χ4v) is 3.67. The number of carbonyl (C=O) groups is 2. The van der Waals surface area contributed by atoms with E-state index in [2.05, 4.69) is 18.8 Å². The second-order valence-electron chi connectivity index (χ2n) is 8.77. The van der Waals surface area contributed by atoms with Gasteiger partial charge in [0.05, 0.1) is 18.2 Å². The van der Waals surface area contributed by atoms with Gasteiger partial charge in [0.2, 0.25) is 0 Å². The smallest absolute Gasteiger partial charge is 0.295 e. The van der Waals surface area contributed by atoms with Gasteiger partial charge in [-0.2, -0.15) is 0 Å². The zero-order valence-electron chi connectivity index (χ0n) is 19.3. The summed E-state index contributed by atoms with van der Waals surface area (Å²) in [6, 6.07) is 8.15. The average molecular weight is 438 g/mol. The first-order chi connectivity index (χ1) is 15.2. The van der Waals surface area contributed by atoms with E-state index in [-0.39, 0.29) is 11.3 Å². The summed E-state index contributed by atoms with van der Waals surface area (Å²) >= 11 is 0. The van der Waals surface area contributed by atoms with Gasteiger partial charge in [0.15, 0.2) is 0 Å². The van der Waals surface area contributed by atoms with Gasteiger partial charge in [0.1, 0.15) is 11.5 Å². The highest BCUT2D eigenvalue weighted by Gasteiger charge is 2.46. The molecule has 0 bridgehead atoms. The Morgan fingerprint density at radius 3 is 2.59 bits per heavy atom. The lowest BCUT2D eigenvalue weighted by Crippen LogP contribution is -2.35. The number of hydrogen-bond acceptors (Lipinski definition) is 6. The van der Waals surface area contributed by atoms with Crippen LogP contribution < -0.4 is 4.74 Å². The predicted molar refractivity (Wildman–Crippen MR) is 123 cm³/mol.